The van der Waals surface area contributed by atoms with Crippen molar-refractivity contribution in [1.29, 1.82) is 0 Å². The van der Waals surface area contributed by atoms with Gasteiger partial charge in [-0.1, -0.05) is 0 Å². The van der Waals surface area contributed by atoms with E-state index in [4.69, 9.17) is 0 Å². The summed E-state index contributed by atoms with van der Waals surface area (Å²) >= 11 is 0. The van der Waals surface area contributed by atoms with E-state index in [1.807, 2.05) is 0 Å². The van der Waals surface area contributed by atoms with E-state index >= 15 is 0 Å². The summed E-state index contributed by atoms with van der Waals surface area (Å²) in [5, 5.41) is 0. The maximum Gasteiger partial charge on any atom is 4.00 e. The van der Waals surface area contributed by atoms with Crippen LogP contribution in [0.15, 0.2) is 0 Å². The zero-order chi connectivity index (χ0) is 0. The molecule has 0 aliphatic heterocycles. The first-order valence-corrected chi connectivity index (χ1v) is 0. The first-order valence-electron chi connectivity index (χ1n) is 0. The molecule has 15 heteroatoms. The topological polar surface area (TPSA) is 256 Å². The molecule has 0 amide bonds. The van der Waals surface area contributed by atoms with Gasteiger partial charge in [0.1, 0.15) is 0 Å². The molecule has 0 N–H and O–H groups in total. The summed E-state index contributed by atoms with van der Waals surface area (Å²) in [6.07, 6.45) is 0. The van der Waals surface area contributed by atoms with Crippen LogP contribution in [0.5, 0.6) is 0 Å². The van der Waals surface area contributed by atoms with Crippen molar-refractivity contribution in [1.82, 2.24) is 0 Å². The molecule has 0 aromatic heterocycles. The van der Waals surface area contributed by atoms with Gasteiger partial charge >= 0.3 is 143 Å². The van der Waals surface area contributed by atoms with Gasteiger partial charge in [0.05, 0.1) is 0 Å². The second-order valence-electron chi connectivity index (χ2n) is 0. The van der Waals surface area contributed by atoms with Gasteiger partial charge in [-0.3, -0.25) is 0 Å². The predicted octanol–water partition coefficient (Wildman–Crippen LogP) is -1.84. The summed E-state index contributed by atoms with van der Waals surface area (Å²) < 4.78 is 0. The average molecular weight is 687 g/mol. The zero-order valence-corrected chi connectivity index (χ0v) is 24.7. The third-order valence-corrected chi connectivity index (χ3v) is 0. The number of hydrogen-bond acceptors (Lipinski definition) is 0. The molecule has 0 fully saturated rings. The van der Waals surface area contributed by atoms with E-state index in [9.17, 15) is 0 Å². The number of hydrogen-bond donors (Lipinski definition) is 0. The minimum Gasteiger partial charge on any atom is -2.00 e. The molecule has 0 aliphatic rings. The summed E-state index contributed by atoms with van der Waals surface area (Å²) in [7, 11) is 0. The molecule has 0 aromatic carbocycles. The smallest absolute Gasteiger partial charge is 2.00 e. The Kier molecular flexibility index (Phi) is 6530. The van der Waals surface area contributed by atoms with Crippen molar-refractivity contribution in [3.8, 4) is 0 Å². The first-order chi connectivity index (χ1) is 0. The second-order valence-corrected chi connectivity index (χ2v) is 0. The van der Waals surface area contributed by atoms with Gasteiger partial charge in [-0.2, -0.15) is 0 Å². The van der Waals surface area contributed by atoms with Crippen LogP contribution in [0.2, 0.25) is 0 Å². The van der Waals surface area contributed by atoms with Gasteiger partial charge in [0, 0.05) is 0 Å². The molecule has 0 aliphatic carbocycles. The summed E-state index contributed by atoms with van der Waals surface area (Å²) in [4.78, 5) is 0. The summed E-state index contributed by atoms with van der Waals surface area (Å²) in [5.74, 6) is 0. The maximum atomic E-state index is 0. The summed E-state index contributed by atoms with van der Waals surface area (Å²) in [5.41, 5.74) is 0. The van der Waals surface area contributed by atoms with Gasteiger partial charge in [0.2, 0.25) is 0 Å². The van der Waals surface area contributed by atoms with Crippen molar-refractivity contribution in [2.75, 3.05) is 0 Å². The SMILES string of the molecule is [In+3].[In+3].[O-2].[O-2].[O-2].[O-2].[O-2].[O-2].[O-2].[O-2].[O-2].[Zn+2].[Zn+2].[Zr+4].[Zr+4]. The van der Waals surface area contributed by atoms with E-state index in [0.29, 0.717) is 0 Å². The van der Waals surface area contributed by atoms with Gasteiger partial charge < -0.3 is 49.3 Å². The van der Waals surface area contributed by atoms with Crippen LogP contribution in [-0.4, -0.2) is 51.7 Å². The zero-order valence-electron chi connectivity index (χ0n) is 7.24. The van der Waals surface area contributed by atoms with Crippen molar-refractivity contribution in [2.45, 2.75) is 0 Å². The summed E-state index contributed by atoms with van der Waals surface area (Å²) in [6, 6.07) is 0. The van der Waals surface area contributed by atoms with Gasteiger partial charge in [-0.25, -0.2) is 0 Å². The van der Waals surface area contributed by atoms with Gasteiger partial charge in [0.15, 0.2) is 0 Å². The second kappa shape index (κ2) is 288. The van der Waals surface area contributed by atoms with Crippen molar-refractivity contribution in [2.24, 2.45) is 0 Å². The van der Waals surface area contributed by atoms with Crippen molar-refractivity contribution in [3.63, 3.8) is 0 Å². The van der Waals surface area contributed by atoms with Gasteiger partial charge in [-0.05, 0) is 0 Å². The molecule has 0 bridgehead atoms. The quantitative estimate of drug-likeness (QED) is 0.255. The Balaban J connectivity index is 0. The molecule has 0 rings (SSSR count). The van der Waals surface area contributed by atoms with Crippen LogP contribution in [0.1, 0.15) is 0 Å². The van der Waals surface area contributed by atoms with E-state index < -0.39 is 0 Å². The van der Waals surface area contributed by atoms with E-state index in [-0.39, 0.29) is 192 Å². The molecular formula is In2O9Zn2Zr2. The van der Waals surface area contributed by atoms with Crippen LogP contribution in [0.4, 0.5) is 0 Å². The largest absolute Gasteiger partial charge is 4.00 e. The molecule has 0 unspecified atom stereocenters. The third-order valence-electron chi connectivity index (χ3n) is 0. The van der Waals surface area contributed by atoms with Gasteiger partial charge in [0.25, 0.3) is 0 Å². The first kappa shape index (κ1) is 340. The molecule has 72 valence electrons. The molecule has 0 saturated heterocycles. The maximum absolute atomic E-state index is 0. The standard InChI is InChI=1S/2In.9O.2Zn.2Zr/q2*+3;9*-2;2*+2;2*+4. The van der Waals surface area contributed by atoms with Crippen molar-refractivity contribution in [3.05, 3.63) is 0 Å². The fourth-order valence-electron chi connectivity index (χ4n) is 0. The molecule has 0 aromatic rings. The minimum atomic E-state index is 0. The van der Waals surface area contributed by atoms with Crippen molar-refractivity contribution < 1.29 is 141 Å². The Morgan fingerprint density at radius 2 is 0.267 bits per heavy atom. The molecule has 0 atom stereocenters. The normalized spacial score (nSPS) is 0. The molecule has 0 heterocycles. The molecule has 0 radical (unpaired) electrons. The Labute approximate surface area is 189 Å². The Bertz CT molecular complexity index is 24.1. The van der Waals surface area contributed by atoms with Gasteiger partial charge in [-0.15, -0.1) is 0 Å². The summed E-state index contributed by atoms with van der Waals surface area (Å²) in [6.45, 7) is 0. The molecule has 0 spiro atoms. The van der Waals surface area contributed by atoms with E-state index in [1.54, 1.807) is 0 Å². The Morgan fingerprint density at radius 1 is 0.267 bits per heavy atom. The monoisotopic (exact) mass is 681 g/mol. The minimum absolute atomic E-state index is 0. The predicted molar refractivity (Wildman–Crippen MR) is 17.7 cm³/mol. The van der Waals surface area contributed by atoms with Crippen LogP contribution >= 0.6 is 0 Å². The Hall–Kier alpha value is 4.39. The molecule has 0 saturated carbocycles. The molecular weight excluding hydrogens is 687 g/mol. The molecule has 15 heavy (non-hydrogen) atoms. The molecule has 9 nitrogen and oxygen atoms in total. The van der Waals surface area contributed by atoms with E-state index in [2.05, 4.69) is 0 Å². The third kappa shape index (κ3) is 256. The van der Waals surface area contributed by atoms with Crippen LogP contribution < -0.4 is 0 Å². The van der Waals surface area contributed by atoms with E-state index in [0.717, 1.165) is 0 Å². The average Bonchev–Trinajstić information content (AvgIpc) is 0. The van der Waals surface area contributed by atoms with Crippen LogP contribution in [-0.2, 0) is 141 Å². The van der Waals surface area contributed by atoms with E-state index in [1.165, 1.54) is 0 Å². The van der Waals surface area contributed by atoms with Crippen molar-refractivity contribution >= 4 is 51.7 Å². The van der Waals surface area contributed by atoms with Crippen LogP contribution in [0, 0.1) is 0 Å². The number of rotatable bonds is 0. The van der Waals surface area contributed by atoms with Crippen LogP contribution in [0.25, 0.3) is 0 Å². The van der Waals surface area contributed by atoms with Crippen LogP contribution in [0.3, 0.4) is 0 Å². The Morgan fingerprint density at radius 3 is 0.267 bits per heavy atom. The fraction of sp³-hybridized carbons (Fsp3) is 0. The fourth-order valence-corrected chi connectivity index (χ4v) is 0.